The van der Waals surface area contributed by atoms with Crippen LogP contribution >= 0.6 is 0 Å². The molecule has 162 valence electrons. The Kier molecular flexibility index (Phi) is 5.46. The minimum Gasteiger partial charge on any atom is -0.456 e. The summed E-state index contributed by atoms with van der Waals surface area (Å²) in [4.78, 5) is 28.3. The van der Waals surface area contributed by atoms with Gasteiger partial charge in [-0.3, -0.25) is 9.69 Å². The molecule has 3 aliphatic rings. The van der Waals surface area contributed by atoms with Crippen LogP contribution in [0.2, 0.25) is 0 Å². The van der Waals surface area contributed by atoms with Gasteiger partial charge in [0.05, 0.1) is 25.2 Å². The molecule has 0 spiro atoms. The molecule has 2 fully saturated rings. The maximum atomic E-state index is 13.0. The number of benzene rings is 1. The van der Waals surface area contributed by atoms with Crippen LogP contribution in [0.15, 0.2) is 41.7 Å². The molecule has 10 heteroatoms. The van der Waals surface area contributed by atoms with Gasteiger partial charge in [0.1, 0.15) is 12.3 Å². The summed E-state index contributed by atoms with van der Waals surface area (Å²) in [5.41, 5.74) is 1.18. The van der Waals surface area contributed by atoms with Gasteiger partial charge in [-0.05, 0) is 5.56 Å². The van der Waals surface area contributed by atoms with Crippen LogP contribution in [0.1, 0.15) is 12.0 Å². The molecule has 1 N–H and O–H groups in total. The molecule has 0 saturated carbocycles. The predicted molar refractivity (Wildman–Crippen MR) is 96.5 cm³/mol. The van der Waals surface area contributed by atoms with Gasteiger partial charge in [0, 0.05) is 25.2 Å². The second kappa shape index (κ2) is 7.92. The number of fused-ring (bicyclic) bond motifs is 1. The van der Waals surface area contributed by atoms with Crippen LogP contribution in [-0.4, -0.2) is 71.4 Å². The standard InChI is InChI=1S/C20H21F3N2O5/c21-20(22,23)17(26)15-13-10-14(24-6-8-29-9-7-24)16(25(13)18(15)27)19(28)30-11-12-4-2-1-3-5-12/h1-5,13,15,17,26H,6-11H2. The first kappa shape index (κ1) is 20.7. The normalized spacial score (nSPS) is 25.1. The molecule has 0 aromatic heterocycles. The minimum absolute atomic E-state index is 0.0269. The largest absolute Gasteiger partial charge is 0.456 e. The molecule has 1 amide bonds. The number of morpholine rings is 1. The van der Waals surface area contributed by atoms with Crippen molar-refractivity contribution in [2.24, 2.45) is 5.92 Å². The number of ether oxygens (including phenoxy) is 2. The first-order valence-corrected chi connectivity index (χ1v) is 9.64. The van der Waals surface area contributed by atoms with Crippen molar-refractivity contribution in [2.75, 3.05) is 26.3 Å². The van der Waals surface area contributed by atoms with Crippen LogP contribution in [0.25, 0.3) is 0 Å². The Balaban J connectivity index is 1.57. The molecule has 2 saturated heterocycles. The summed E-state index contributed by atoms with van der Waals surface area (Å²) >= 11 is 0. The number of hydrogen-bond donors (Lipinski definition) is 1. The average Bonchev–Trinajstić information content (AvgIpc) is 3.08. The molecule has 4 rings (SSSR count). The smallest absolute Gasteiger partial charge is 0.415 e. The zero-order valence-electron chi connectivity index (χ0n) is 16.0. The number of alkyl halides is 3. The highest BCUT2D eigenvalue weighted by Gasteiger charge is 2.63. The molecule has 1 aromatic rings. The number of halogens is 3. The molecule has 0 aliphatic carbocycles. The van der Waals surface area contributed by atoms with E-state index in [1.165, 1.54) is 0 Å². The number of carbonyl (C=O) groups is 2. The SMILES string of the molecule is O=C(OCc1ccccc1)C1=C(N2CCOCC2)CC2C(C(O)C(F)(F)F)C(=O)N12. The Bertz CT molecular complexity index is 852. The number of rotatable bonds is 5. The highest BCUT2D eigenvalue weighted by Crippen LogP contribution is 2.47. The Labute approximate surface area is 170 Å². The summed E-state index contributed by atoms with van der Waals surface area (Å²) < 4.78 is 49.7. The molecule has 0 bridgehead atoms. The summed E-state index contributed by atoms with van der Waals surface area (Å²) in [6, 6.07) is 8.01. The van der Waals surface area contributed by atoms with Crippen molar-refractivity contribution in [3.05, 3.63) is 47.3 Å². The molecule has 3 heterocycles. The van der Waals surface area contributed by atoms with E-state index in [1.54, 1.807) is 24.3 Å². The Hall–Kier alpha value is -2.59. The van der Waals surface area contributed by atoms with Crippen molar-refractivity contribution in [1.82, 2.24) is 9.80 Å². The summed E-state index contributed by atoms with van der Waals surface area (Å²) in [6.07, 6.45) is -7.63. The third-order valence-corrected chi connectivity index (χ3v) is 5.66. The van der Waals surface area contributed by atoms with E-state index >= 15 is 0 Å². The van der Waals surface area contributed by atoms with Crippen LogP contribution in [0.3, 0.4) is 0 Å². The lowest BCUT2D eigenvalue weighted by molar-refractivity contribution is -0.236. The highest BCUT2D eigenvalue weighted by molar-refractivity contribution is 6.00. The second-order valence-corrected chi connectivity index (χ2v) is 7.45. The van der Waals surface area contributed by atoms with Crippen molar-refractivity contribution < 1.29 is 37.3 Å². The van der Waals surface area contributed by atoms with Gasteiger partial charge in [-0.1, -0.05) is 30.3 Å². The zero-order valence-corrected chi connectivity index (χ0v) is 16.0. The zero-order chi connectivity index (χ0) is 21.5. The molecule has 3 aliphatic heterocycles. The fraction of sp³-hybridized carbons (Fsp3) is 0.500. The van der Waals surface area contributed by atoms with Crippen LogP contribution < -0.4 is 0 Å². The van der Waals surface area contributed by atoms with E-state index in [9.17, 15) is 27.9 Å². The van der Waals surface area contributed by atoms with Crippen LogP contribution in [-0.2, 0) is 25.7 Å². The number of amides is 1. The fourth-order valence-electron chi connectivity index (χ4n) is 4.16. The number of hydrogen-bond acceptors (Lipinski definition) is 6. The topological polar surface area (TPSA) is 79.3 Å². The molecule has 30 heavy (non-hydrogen) atoms. The molecule has 3 unspecified atom stereocenters. The number of aliphatic hydroxyl groups excluding tert-OH is 1. The molecule has 0 radical (unpaired) electrons. The lowest BCUT2D eigenvalue weighted by Crippen LogP contribution is -2.64. The predicted octanol–water partition coefficient (Wildman–Crippen LogP) is 1.43. The Morgan fingerprint density at radius 2 is 1.90 bits per heavy atom. The number of nitrogens with zero attached hydrogens (tertiary/aromatic N) is 2. The maximum absolute atomic E-state index is 13.0. The first-order valence-electron chi connectivity index (χ1n) is 9.64. The van der Waals surface area contributed by atoms with Crippen molar-refractivity contribution in [3.63, 3.8) is 0 Å². The fourth-order valence-corrected chi connectivity index (χ4v) is 4.16. The van der Waals surface area contributed by atoms with Gasteiger partial charge in [-0.2, -0.15) is 13.2 Å². The molecule has 1 aromatic carbocycles. The van der Waals surface area contributed by atoms with Crippen molar-refractivity contribution in [2.45, 2.75) is 31.3 Å². The second-order valence-electron chi connectivity index (χ2n) is 7.45. The van der Waals surface area contributed by atoms with E-state index in [4.69, 9.17) is 9.47 Å². The Morgan fingerprint density at radius 3 is 2.53 bits per heavy atom. The molecule has 7 nitrogen and oxygen atoms in total. The third-order valence-electron chi connectivity index (χ3n) is 5.66. The quantitative estimate of drug-likeness (QED) is 0.567. The molecular weight excluding hydrogens is 405 g/mol. The monoisotopic (exact) mass is 426 g/mol. The summed E-state index contributed by atoms with van der Waals surface area (Å²) in [7, 11) is 0. The average molecular weight is 426 g/mol. The van der Waals surface area contributed by atoms with Gasteiger partial charge in [0.25, 0.3) is 0 Å². The summed E-state index contributed by atoms with van der Waals surface area (Å²) in [5.74, 6) is -3.31. The van der Waals surface area contributed by atoms with E-state index in [-0.39, 0.29) is 18.7 Å². The first-order chi connectivity index (χ1) is 14.3. The number of esters is 1. The summed E-state index contributed by atoms with van der Waals surface area (Å²) in [6.45, 7) is 1.69. The minimum atomic E-state index is -4.91. The Morgan fingerprint density at radius 1 is 1.23 bits per heavy atom. The number of aliphatic hydroxyl groups is 1. The van der Waals surface area contributed by atoms with E-state index in [0.717, 1.165) is 10.5 Å². The third kappa shape index (κ3) is 3.65. The molecular formula is C20H21F3N2O5. The van der Waals surface area contributed by atoms with Gasteiger partial charge < -0.3 is 19.5 Å². The van der Waals surface area contributed by atoms with E-state index in [2.05, 4.69) is 0 Å². The van der Waals surface area contributed by atoms with Gasteiger partial charge in [-0.25, -0.2) is 4.79 Å². The van der Waals surface area contributed by atoms with Crippen LogP contribution in [0, 0.1) is 5.92 Å². The highest BCUT2D eigenvalue weighted by atomic mass is 19.4. The van der Waals surface area contributed by atoms with Crippen LogP contribution in [0.4, 0.5) is 13.2 Å². The lowest BCUT2D eigenvalue weighted by Gasteiger charge is -2.45. The van der Waals surface area contributed by atoms with Crippen molar-refractivity contribution >= 4 is 11.9 Å². The van der Waals surface area contributed by atoms with Gasteiger partial charge in [0.15, 0.2) is 6.10 Å². The van der Waals surface area contributed by atoms with E-state index in [0.29, 0.717) is 32.0 Å². The number of β-lactam (4-membered cyclic amide) rings is 1. The number of carbonyl (C=O) groups excluding carboxylic acids is 2. The van der Waals surface area contributed by atoms with Crippen LogP contribution in [0.5, 0.6) is 0 Å². The van der Waals surface area contributed by atoms with E-state index < -0.39 is 36.1 Å². The van der Waals surface area contributed by atoms with E-state index in [1.807, 2.05) is 11.0 Å². The van der Waals surface area contributed by atoms with Crippen molar-refractivity contribution in [1.29, 1.82) is 0 Å². The van der Waals surface area contributed by atoms with Gasteiger partial charge >= 0.3 is 12.1 Å². The maximum Gasteiger partial charge on any atom is 0.415 e. The lowest BCUT2D eigenvalue weighted by atomic mass is 9.82. The van der Waals surface area contributed by atoms with Crippen molar-refractivity contribution in [3.8, 4) is 0 Å². The van der Waals surface area contributed by atoms with Gasteiger partial charge in [-0.15, -0.1) is 0 Å². The summed E-state index contributed by atoms with van der Waals surface area (Å²) in [5, 5.41) is 9.66. The molecule has 3 atom stereocenters. The van der Waals surface area contributed by atoms with Gasteiger partial charge in [0.2, 0.25) is 5.91 Å².